The second kappa shape index (κ2) is 5.03. The normalized spacial score (nSPS) is 10.6. The van der Waals surface area contributed by atoms with Gasteiger partial charge >= 0.3 is 5.97 Å². The third kappa shape index (κ3) is 2.13. The molecule has 0 unspecified atom stereocenters. The molecule has 2 aromatic heterocycles. The summed E-state index contributed by atoms with van der Waals surface area (Å²) in [5.74, 6) is 0.975. The number of esters is 1. The van der Waals surface area contributed by atoms with Crippen molar-refractivity contribution in [1.82, 2.24) is 14.8 Å². The highest BCUT2D eigenvalue weighted by atomic mass is 16.5. The van der Waals surface area contributed by atoms with Crippen LogP contribution in [-0.4, -0.2) is 27.3 Å². The number of nitrogens with zero attached hydrogens (tertiary/aromatic N) is 3. The third-order valence-electron chi connectivity index (χ3n) is 2.53. The number of furan rings is 1. The van der Waals surface area contributed by atoms with Gasteiger partial charge in [-0.3, -0.25) is 0 Å². The molecular formula is C12H15N3O3. The summed E-state index contributed by atoms with van der Waals surface area (Å²) in [7, 11) is 1.73. The molecule has 2 heterocycles. The maximum absolute atomic E-state index is 11.6. The van der Waals surface area contributed by atoms with Crippen molar-refractivity contribution in [1.29, 1.82) is 0 Å². The molecule has 0 bridgehead atoms. The van der Waals surface area contributed by atoms with Crippen LogP contribution in [0.3, 0.4) is 0 Å². The Morgan fingerprint density at radius 3 is 2.94 bits per heavy atom. The lowest BCUT2D eigenvalue weighted by Crippen LogP contribution is -2.07. The van der Waals surface area contributed by atoms with Crippen LogP contribution < -0.4 is 0 Å². The van der Waals surface area contributed by atoms with Gasteiger partial charge in [-0.15, -0.1) is 5.10 Å². The van der Waals surface area contributed by atoms with E-state index in [1.54, 1.807) is 24.9 Å². The van der Waals surface area contributed by atoms with Gasteiger partial charge in [0, 0.05) is 13.5 Å². The van der Waals surface area contributed by atoms with Gasteiger partial charge in [0.25, 0.3) is 5.82 Å². The number of carbonyl (C=O) groups excluding carboxylic acids is 1. The Morgan fingerprint density at radius 1 is 1.50 bits per heavy atom. The molecule has 2 aromatic rings. The van der Waals surface area contributed by atoms with Crippen molar-refractivity contribution in [2.24, 2.45) is 7.05 Å². The van der Waals surface area contributed by atoms with Gasteiger partial charge in [0.05, 0.1) is 18.4 Å². The number of ether oxygens (including phenoxy) is 1. The van der Waals surface area contributed by atoms with E-state index in [4.69, 9.17) is 9.15 Å². The van der Waals surface area contributed by atoms with E-state index in [1.807, 2.05) is 13.0 Å². The number of aryl methyl sites for hydroxylation is 2. The molecule has 0 saturated carbocycles. The summed E-state index contributed by atoms with van der Waals surface area (Å²) >= 11 is 0. The third-order valence-corrected chi connectivity index (χ3v) is 2.53. The Bertz CT molecular complexity index is 557. The summed E-state index contributed by atoms with van der Waals surface area (Å²) in [6.07, 6.45) is 2.36. The Labute approximate surface area is 105 Å². The van der Waals surface area contributed by atoms with Crippen molar-refractivity contribution in [3.63, 3.8) is 0 Å². The van der Waals surface area contributed by atoms with Crippen LogP contribution in [-0.2, 0) is 18.2 Å². The minimum absolute atomic E-state index is 0.0672. The molecule has 6 heteroatoms. The summed E-state index contributed by atoms with van der Waals surface area (Å²) in [6, 6.07) is 1.82. The van der Waals surface area contributed by atoms with E-state index < -0.39 is 5.97 Å². The van der Waals surface area contributed by atoms with E-state index in [0.717, 1.165) is 17.7 Å². The molecule has 0 N–H and O–H groups in total. The fourth-order valence-corrected chi connectivity index (χ4v) is 1.71. The van der Waals surface area contributed by atoms with Crippen LogP contribution >= 0.6 is 0 Å². The van der Waals surface area contributed by atoms with Gasteiger partial charge < -0.3 is 9.15 Å². The van der Waals surface area contributed by atoms with Gasteiger partial charge in [-0.05, 0) is 13.0 Å². The SMILES string of the molecule is CCOC(=O)c1nc(-c2ccoc2CC)n(C)n1. The number of carbonyl (C=O) groups is 1. The van der Waals surface area contributed by atoms with E-state index in [2.05, 4.69) is 10.1 Å². The van der Waals surface area contributed by atoms with E-state index in [1.165, 1.54) is 0 Å². The van der Waals surface area contributed by atoms with Crippen molar-refractivity contribution >= 4 is 5.97 Å². The molecule has 0 saturated heterocycles. The molecule has 18 heavy (non-hydrogen) atoms. The van der Waals surface area contributed by atoms with Crippen molar-refractivity contribution in [2.45, 2.75) is 20.3 Å². The fourth-order valence-electron chi connectivity index (χ4n) is 1.71. The topological polar surface area (TPSA) is 70.2 Å². The van der Waals surface area contributed by atoms with Gasteiger partial charge in [-0.2, -0.15) is 0 Å². The van der Waals surface area contributed by atoms with Crippen molar-refractivity contribution in [2.75, 3.05) is 6.61 Å². The molecule has 0 aromatic carbocycles. The second-order valence-corrected chi connectivity index (χ2v) is 3.71. The minimum Gasteiger partial charge on any atom is -0.469 e. The Kier molecular flexibility index (Phi) is 3.45. The number of aromatic nitrogens is 3. The Balaban J connectivity index is 2.38. The Morgan fingerprint density at radius 2 is 2.28 bits per heavy atom. The first-order chi connectivity index (χ1) is 8.67. The zero-order valence-electron chi connectivity index (χ0n) is 10.6. The minimum atomic E-state index is -0.513. The maximum atomic E-state index is 11.6. The standard InChI is InChI=1S/C12H15N3O3/c1-4-9-8(6-7-18-9)11-13-10(14-15(11)3)12(16)17-5-2/h6-7H,4-5H2,1-3H3. The average Bonchev–Trinajstić information content (AvgIpc) is 2.94. The van der Waals surface area contributed by atoms with Crippen LogP contribution in [0.15, 0.2) is 16.7 Å². The van der Waals surface area contributed by atoms with E-state index in [0.29, 0.717) is 12.4 Å². The highest BCUT2D eigenvalue weighted by Gasteiger charge is 2.19. The summed E-state index contributed by atoms with van der Waals surface area (Å²) in [6.45, 7) is 4.04. The summed E-state index contributed by atoms with van der Waals surface area (Å²) in [5, 5.41) is 4.05. The summed E-state index contributed by atoms with van der Waals surface area (Å²) in [5.41, 5.74) is 0.850. The molecule has 0 fully saturated rings. The molecule has 96 valence electrons. The van der Waals surface area contributed by atoms with Crippen LogP contribution in [0, 0.1) is 0 Å². The first kappa shape index (κ1) is 12.3. The number of hydrogen-bond acceptors (Lipinski definition) is 5. The largest absolute Gasteiger partial charge is 0.469 e. The van der Waals surface area contributed by atoms with E-state index in [-0.39, 0.29) is 5.82 Å². The van der Waals surface area contributed by atoms with Crippen LogP contribution in [0.2, 0.25) is 0 Å². The molecule has 0 atom stereocenters. The van der Waals surface area contributed by atoms with Crippen LogP contribution in [0.25, 0.3) is 11.4 Å². The summed E-state index contributed by atoms with van der Waals surface area (Å²) < 4.78 is 11.8. The smallest absolute Gasteiger partial charge is 0.378 e. The van der Waals surface area contributed by atoms with Gasteiger partial charge in [0.1, 0.15) is 5.76 Å². The van der Waals surface area contributed by atoms with Crippen molar-refractivity contribution < 1.29 is 13.9 Å². The maximum Gasteiger partial charge on any atom is 0.378 e. The van der Waals surface area contributed by atoms with Crippen LogP contribution in [0.4, 0.5) is 0 Å². The molecule has 2 rings (SSSR count). The number of hydrogen-bond donors (Lipinski definition) is 0. The molecular weight excluding hydrogens is 234 g/mol. The van der Waals surface area contributed by atoms with Crippen molar-refractivity contribution in [3.05, 3.63) is 23.9 Å². The average molecular weight is 249 g/mol. The second-order valence-electron chi connectivity index (χ2n) is 3.71. The zero-order valence-corrected chi connectivity index (χ0v) is 10.6. The lowest BCUT2D eigenvalue weighted by atomic mass is 10.2. The van der Waals surface area contributed by atoms with E-state index in [9.17, 15) is 4.79 Å². The molecule has 0 amide bonds. The van der Waals surface area contributed by atoms with Gasteiger partial charge in [-0.25, -0.2) is 14.5 Å². The zero-order chi connectivity index (χ0) is 13.1. The Hall–Kier alpha value is -2.11. The lowest BCUT2D eigenvalue weighted by Gasteiger charge is -1.98. The lowest BCUT2D eigenvalue weighted by molar-refractivity contribution is 0.0512. The van der Waals surface area contributed by atoms with Crippen LogP contribution in [0.5, 0.6) is 0 Å². The molecule has 6 nitrogen and oxygen atoms in total. The molecule has 0 spiro atoms. The molecule has 0 radical (unpaired) electrons. The predicted molar refractivity (Wildman–Crippen MR) is 64.0 cm³/mol. The first-order valence-electron chi connectivity index (χ1n) is 5.82. The molecule has 0 aliphatic carbocycles. The monoisotopic (exact) mass is 249 g/mol. The van der Waals surface area contributed by atoms with Gasteiger partial charge in [-0.1, -0.05) is 6.92 Å². The molecule has 0 aliphatic rings. The van der Waals surface area contributed by atoms with Crippen molar-refractivity contribution in [3.8, 4) is 11.4 Å². The highest BCUT2D eigenvalue weighted by molar-refractivity contribution is 5.85. The molecule has 0 aliphatic heterocycles. The van der Waals surface area contributed by atoms with Gasteiger partial charge in [0.2, 0.25) is 0 Å². The van der Waals surface area contributed by atoms with Gasteiger partial charge in [0.15, 0.2) is 5.82 Å². The van der Waals surface area contributed by atoms with E-state index >= 15 is 0 Å². The fraction of sp³-hybridized carbons (Fsp3) is 0.417. The number of rotatable bonds is 4. The predicted octanol–water partition coefficient (Wildman–Crippen LogP) is 1.81. The summed E-state index contributed by atoms with van der Waals surface area (Å²) in [4.78, 5) is 15.7. The highest BCUT2D eigenvalue weighted by Crippen LogP contribution is 2.23. The van der Waals surface area contributed by atoms with Crippen LogP contribution in [0.1, 0.15) is 30.2 Å². The first-order valence-corrected chi connectivity index (χ1v) is 5.82. The quantitative estimate of drug-likeness (QED) is 0.773.